The minimum atomic E-state index is -3.71. The molecule has 1 aliphatic rings. The second-order valence-electron chi connectivity index (χ2n) is 4.22. The van der Waals surface area contributed by atoms with Gasteiger partial charge in [0.05, 0.1) is 6.54 Å². The van der Waals surface area contributed by atoms with E-state index < -0.39 is 17.4 Å². The van der Waals surface area contributed by atoms with Crippen molar-refractivity contribution in [2.24, 2.45) is 0 Å². The first-order valence-corrected chi connectivity index (χ1v) is 6.24. The van der Waals surface area contributed by atoms with Crippen LogP contribution in [0.5, 0.6) is 0 Å². The maximum atomic E-state index is 13.6. The van der Waals surface area contributed by atoms with Crippen molar-refractivity contribution in [1.29, 1.82) is 0 Å². The highest BCUT2D eigenvalue weighted by Gasteiger charge is 2.61. The van der Waals surface area contributed by atoms with Crippen LogP contribution in [0, 0.1) is 0 Å². The summed E-state index contributed by atoms with van der Waals surface area (Å²) < 4.78 is 27.2. The fourth-order valence-electron chi connectivity index (χ4n) is 1.73. The van der Waals surface area contributed by atoms with E-state index in [0.29, 0.717) is 6.42 Å². The molecule has 0 unspecified atom stereocenters. The summed E-state index contributed by atoms with van der Waals surface area (Å²) in [5.41, 5.74) is -2.15. The van der Waals surface area contributed by atoms with Gasteiger partial charge < -0.3 is 10.4 Å². The summed E-state index contributed by atoms with van der Waals surface area (Å²) in [6.45, 7) is 0.0716. The largest absolute Gasteiger partial charge is 0.383 e. The Morgan fingerprint density at radius 2 is 2.29 bits per heavy atom. The molecule has 0 aromatic carbocycles. The van der Waals surface area contributed by atoms with Crippen LogP contribution in [-0.2, 0) is 11.3 Å². The molecule has 0 saturated heterocycles. The molecule has 1 saturated carbocycles. The highest BCUT2D eigenvalue weighted by atomic mass is 32.1. The molecular weight excluding hydrogens is 248 g/mol. The number of halogens is 2. The smallest absolute Gasteiger partial charge is 0.352 e. The van der Waals surface area contributed by atoms with E-state index in [4.69, 9.17) is 0 Å². The number of carbonyl (C=O) groups is 1. The molecule has 1 heterocycles. The van der Waals surface area contributed by atoms with Gasteiger partial charge in [0.15, 0.2) is 0 Å². The van der Waals surface area contributed by atoms with Crippen LogP contribution in [0.2, 0.25) is 0 Å². The predicted octanol–water partition coefficient (Wildman–Crippen LogP) is 1.91. The maximum Gasteiger partial charge on any atom is 0.352 e. The fraction of sp³-hybridized carbons (Fsp3) is 0.545. The lowest BCUT2D eigenvalue weighted by Crippen LogP contribution is -2.60. The van der Waals surface area contributed by atoms with E-state index in [1.54, 1.807) is 17.5 Å². The van der Waals surface area contributed by atoms with E-state index in [0.717, 1.165) is 4.88 Å². The van der Waals surface area contributed by atoms with Crippen molar-refractivity contribution in [3.63, 3.8) is 0 Å². The average Bonchev–Trinajstić information content (AvgIpc) is 2.74. The van der Waals surface area contributed by atoms with Gasteiger partial charge in [-0.15, -0.1) is 11.3 Å². The first-order chi connectivity index (χ1) is 7.96. The van der Waals surface area contributed by atoms with Gasteiger partial charge in [0.1, 0.15) is 5.60 Å². The highest BCUT2D eigenvalue weighted by molar-refractivity contribution is 7.09. The minimum Gasteiger partial charge on any atom is -0.383 e. The quantitative estimate of drug-likeness (QED) is 0.870. The molecular formula is C11H13F2NO2S. The minimum absolute atomic E-state index is 0.0214. The second kappa shape index (κ2) is 4.34. The van der Waals surface area contributed by atoms with Crippen LogP contribution in [0.15, 0.2) is 17.5 Å². The van der Waals surface area contributed by atoms with Crippen LogP contribution in [0.4, 0.5) is 8.78 Å². The van der Waals surface area contributed by atoms with Crippen LogP contribution in [0.1, 0.15) is 24.1 Å². The summed E-state index contributed by atoms with van der Waals surface area (Å²) in [6, 6.07) is 3.53. The SMILES string of the molecule is O=C(NCc1cccs1)C(F)(F)C1(O)CCC1. The van der Waals surface area contributed by atoms with Gasteiger partial charge in [-0.1, -0.05) is 6.07 Å². The molecule has 3 nitrogen and oxygen atoms in total. The van der Waals surface area contributed by atoms with E-state index in [9.17, 15) is 18.7 Å². The van der Waals surface area contributed by atoms with Crippen molar-refractivity contribution in [2.75, 3.05) is 0 Å². The Bertz CT molecular complexity index is 402. The van der Waals surface area contributed by atoms with Crippen molar-refractivity contribution in [3.05, 3.63) is 22.4 Å². The average molecular weight is 261 g/mol. The van der Waals surface area contributed by atoms with Gasteiger partial charge in [0.2, 0.25) is 0 Å². The van der Waals surface area contributed by atoms with Crippen molar-refractivity contribution >= 4 is 17.2 Å². The summed E-state index contributed by atoms with van der Waals surface area (Å²) in [7, 11) is 0. The maximum absolute atomic E-state index is 13.6. The van der Waals surface area contributed by atoms with Crippen LogP contribution < -0.4 is 5.32 Å². The molecule has 94 valence electrons. The van der Waals surface area contributed by atoms with Crippen molar-refractivity contribution in [3.8, 4) is 0 Å². The third kappa shape index (κ3) is 2.19. The Hall–Kier alpha value is -1.01. The van der Waals surface area contributed by atoms with Gasteiger partial charge in [-0.25, -0.2) is 0 Å². The number of carbonyl (C=O) groups excluding carboxylic acids is 1. The molecule has 17 heavy (non-hydrogen) atoms. The molecule has 1 amide bonds. The molecule has 1 aromatic rings. The predicted molar refractivity (Wildman–Crippen MR) is 59.9 cm³/mol. The number of rotatable bonds is 4. The number of aliphatic hydroxyl groups is 1. The third-order valence-corrected chi connectivity index (χ3v) is 3.93. The van der Waals surface area contributed by atoms with Gasteiger partial charge in [0, 0.05) is 4.88 Å². The van der Waals surface area contributed by atoms with E-state index in [2.05, 4.69) is 5.32 Å². The molecule has 0 atom stereocenters. The Labute approximate surface area is 101 Å². The monoisotopic (exact) mass is 261 g/mol. The summed E-state index contributed by atoms with van der Waals surface area (Å²) in [4.78, 5) is 12.2. The first-order valence-electron chi connectivity index (χ1n) is 5.37. The van der Waals surface area contributed by atoms with Gasteiger partial charge in [-0.2, -0.15) is 8.78 Å². The van der Waals surface area contributed by atoms with Crippen molar-refractivity contribution in [2.45, 2.75) is 37.3 Å². The van der Waals surface area contributed by atoms with E-state index in [1.165, 1.54) is 11.3 Å². The normalized spacial score (nSPS) is 18.5. The van der Waals surface area contributed by atoms with Crippen LogP contribution >= 0.6 is 11.3 Å². The van der Waals surface area contributed by atoms with Gasteiger partial charge in [0.25, 0.3) is 5.91 Å². The Morgan fingerprint density at radius 3 is 2.76 bits per heavy atom. The van der Waals surface area contributed by atoms with Gasteiger partial charge in [-0.3, -0.25) is 4.79 Å². The van der Waals surface area contributed by atoms with Crippen molar-refractivity contribution < 1.29 is 18.7 Å². The van der Waals surface area contributed by atoms with Gasteiger partial charge in [-0.05, 0) is 30.7 Å². The number of thiophene rings is 1. The molecule has 1 aromatic heterocycles. The number of nitrogens with one attached hydrogen (secondary N) is 1. The van der Waals surface area contributed by atoms with Crippen LogP contribution in [0.25, 0.3) is 0 Å². The molecule has 0 radical (unpaired) electrons. The van der Waals surface area contributed by atoms with Crippen molar-refractivity contribution in [1.82, 2.24) is 5.32 Å². The number of amides is 1. The zero-order chi connectivity index (χ0) is 12.5. The van der Waals surface area contributed by atoms with Crippen LogP contribution in [-0.4, -0.2) is 22.5 Å². The van der Waals surface area contributed by atoms with E-state index in [-0.39, 0.29) is 19.4 Å². The molecule has 6 heteroatoms. The fourth-order valence-corrected chi connectivity index (χ4v) is 2.37. The van der Waals surface area contributed by atoms with E-state index in [1.807, 2.05) is 0 Å². The molecule has 0 spiro atoms. The van der Waals surface area contributed by atoms with E-state index >= 15 is 0 Å². The summed E-state index contributed by atoms with van der Waals surface area (Å²) in [5.74, 6) is -5.10. The van der Waals surface area contributed by atoms with Crippen LogP contribution in [0.3, 0.4) is 0 Å². The summed E-state index contributed by atoms with van der Waals surface area (Å²) in [5, 5.41) is 13.5. The molecule has 2 rings (SSSR count). The number of alkyl halides is 2. The number of hydrogen-bond acceptors (Lipinski definition) is 3. The first kappa shape index (κ1) is 12.4. The molecule has 1 aliphatic carbocycles. The second-order valence-corrected chi connectivity index (χ2v) is 5.25. The Kier molecular flexibility index (Phi) is 3.18. The van der Waals surface area contributed by atoms with Gasteiger partial charge >= 0.3 is 5.92 Å². The summed E-state index contributed by atoms with van der Waals surface area (Å²) in [6.07, 6.45) is 0.489. The highest BCUT2D eigenvalue weighted by Crippen LogP contribution is 2.44. The topological polar surface area (TPSA) is 49.3 Å². The third-order valence-electron chi connectivity index (χ3n) is 3.05. The lowest BCUT2D eigenvalue weighted by atomic mass is 9.75. The lowest BCUT2D eigenvalue weighted by molar-refractivity contribution is -0.216. The molecule has 2 N–H and O–H groups in total. The molecule has 1 fully saturated rings. The number of hydrogen-bond donors (Lipinski definition) is 2. The zero-order valence-corrected chi connectivity index (χ0v) is 9.90. The molecule has 0 aliphatic heterocycles. The zero-order valence-electron chi connectivity index (χ0n) is 9.08. The lowest BCUT2D eigenvalue weighted by Gasteiger charge is -2.41. The Morgan fingerprint density at radius 1 is 1.59 bits per heavy atom. The Balaban J connectivity index is 1.95. The summed E-state index contributed by atoms with van der Waals surface area (Å²) >= 11 is 1.38. The molecule has 0 bridgehead atoms. The standard InChI is InChI=1S/C11H13F2NO2S/c12-11(13,10(16)4-2-5-10)9(15)14-7-8-3-1-6-17-8/h1,3,6,16H,2,4-5,7H2,(H,14,15).